The van der Waals surface area contributed by atoms with Gasteiger partial charge in [-0.1, -0.05) is 36.4 Å². The molecule has 0 bridgehead atoms. The van der Waals surface area contributed by atoms with Crippen molar-refractivity contribution in [3.8, 4) is 6.07 Å². The number of benzene rings is 2. The fourth-order valence-electron chi connectivity index (χ4n) is 3.66. The Morgan fingerprint density at radius 3 is 2.63 bits per heavy atom. The molecule has 6 nitrogen and oxygen atoms in total. The third-order valence-electron chi connectivity index (χ3n) is 5.15. The zero-order chi connectivity index (χ0) is 21.1. The Kier molecular flexibility index (Phi) is 5.34. The van der Waals surface area contributed by atoms with Crippen LogP contribution in [0.1, 0.15) is 34.0 Å². The van der Waals surface area contributed by atoms with Crippen LogP contribution in [0.25, 0.3) is 0 Å². The lowest BCUT2D eigenvalue weighted by Gasteiger charge is -2.30. The molecule has 1 atom stereocenters. The highest BCUT2D eigenvalue weighted by Crippen LogP contribution is 2.32. The van der Waals surface area contributed by atoms with Crippen molar-refractivity contribution >= 4 is 21.5 Å². The number of rotatable bonds is 5. The predicted molar refractivity (Wildman–Crippen MR) is 113 cm³/mol. The maximum absolute atomic E-state index is 13.4. The summed E-state index contributed by atoms with van der Waals surface area (Å²) < 4.78 is 28.1. The minimum Gasteiger partial charge on any atom is -0.292 e. The normalized spacial score (nSPS) is 14.4. The number of nitrogens with zero attached hydrogens (tertiary/aromatic N) is 3. The number of aryl methyl sites for hydroxylation is 1. The van der Waals surface area contributed by atoms with Gasteiger partial charge in [0.15, 0.2) is 11.7 Å². The molecule has 0 amide bonds. The van der Waals surface area contributed by atoms with Gasteiger partial charge in [-0.2, -0.15) is 5.26 Å². The summed E-state index contributed by atoms with van der Waals surface area (Å²) in [5, 5.41) is 9.52. The number of sulfonamides is 1. The number of aromatic nitrogens is 1. The molecule has 1 aromatic heterocycles. The number of Topliss-reactive ketones (excluding diaryl/α,β-unsaturated/α-hetero) is 1. The first kappa shape index (κ1) is 19.8. The first-order chi connectivity index (χ1) is 14.5. The molecule has 1 aliphatic heterocycles. The van der Waals surface area contributed by atoms with E-state index in [1.165, 1.54) is 34.8 Å². The Morgan fingerprint density at radius 2 is 1.87 bits per heavy atom. The highest BCUT2D eigenvalue weighted by molar-refractivity contribution is 7.92. The van der Waals surface area contributed by atoms with Crippen molar-refractivity contribution in [2.24, 2.45) is 0 Å². The third kappa shape index (κ3) is 3.58. The van der Waals surface area contributed by atoms with E-state index < -0.39 is 21.7 Å². The van der Waals surface area contributed by atoms with Gasteiger partial charge in [0.1, 0.15) is 0 Å². The number of para-hydroxylation sites is 1. The van der Waals surface area contributed by atoms with Crippen molar-refractivity contribution in [1.29, 1.82) is 5.26 Å². The topological polar surface area (TPSA) is 91.1 Å². The number of nitriles is 1. The average molecular weight is 417 g/mol. The number of fused-ring (bicyclic) bond motifs is 1. The van der Waals surface area contributed by atoms with Crippen LogP contribution in [-0.4, -0.2) is 25.7 Å². The van der Waals surface area contributed by atoms with Gasteiger partial charge in [0, 0.05) is 18.3 Å². The highest BCUT2D eigenvalue weighted by Gasteiger charge is 2.30. The van der Waals surface area contributed by atoms with Crippen molar-refractivity contribution < 1.29 is 13.2 Å². The number of carbonyl (C=O) groups is 1. The number of anilines is 1. The molecule has 150 valence electrons. The second-order valence-corrected chi connectivity index (χ2v) is 8.88. The Labute approximate surface area is 175 Å². The van der Waals surface area contributed by atoms with Crippen molar-refractivity contribution in [3.05, 3.63) is 89.7 Å². The number of hydrogen-bond acceptors (Lipinski definition) is 5. The molecule has 0 spiro atoms. The van der Waals surface area contributed by atoms with Crippen LogP contribution in [0.4, 0.5) is 5.69 Å². The summed E-state index contributed by atoms with van der Waals surface area (Å²) in [5.74, 6) is -1.58. The lowest BCUT2D eigenvalue weighted by Crippen LogP contribution is -2.35. The molecule has 0 saturated heterocycles. The SMILES string of the molecule is N#CC(C(=O)c1cccc(S(=O)(=O)N2CCCc3ccccc32)c1)c1ccccn1. The van der Waals surface area contributed by atoms with Crippen molar-refractivity contribution in [2.75, 3.05) is 10.8 Å². The molecule has 1 unspecified atom stereocenters. The van der Waals surface area contributed by atoms with Crippen molar-refractivity contribution in [3.63, 3.8) is 0 Å². The number of pyridine rings is 1. The molecule has 0 saturated carbocycles. The van der Waals surface area contributed by atoms with Gasteiger partial charge in [0.2, 0.25) is 0 Å². The largest absolute Gasteiger partial charge is 0.292 e. The zero-order valence-electron chi connectivity index (χ0n) is 16.1. The van der Waals surface area contributed by atoms with Gasteiger partial charge in [0.05, 0.1) is 22.3 Å². The van der Waals surface area contributed by atoms with Crippen LogP contribution in [0.3, 0.4) is 0 Å². The summed E-state index contributed by atoms with van der Waals surface area (Å²) in [5.41, 5.74) is 2.16. The summed E-state index contributed by atoms with van der Waals surface area (Å²) in [6.07, 6.45) is 3.07. The summed E-state index contributed by atoms with van der Waals surface area (Å²) >= 11 is 0. The fraction of sp³-hybridized carbons (Fsp3) is 0.174. The maximum Gasteiger partial charge on any atom is 0.264 e. The van der Waals surface area contributed by atoms with E-state index in [1.807, 2.05) is 24.3 Å². The van der Waals surface area contributed by atoms with Crippen LogP contribution in [0.2, 0.25) is 0 Å². The summed E-state index contributed by atoms with van der Waals surface area (Å²) in [6, 6.07) is 20.3. The lowest BCUT2D eigenvalue weighted by molar-refractivity contribution is 0.0977. The van der Waals surface area contributed by atoms with E-state index in [0.717, 1.165) is 18.4 Å². The van der Waals surface area contributed by atoms with Crippen LogP contribution in [0.15, 0.2) is 77.8 Å². The Morgan fingerprint density at radius 1 is 1.07 bits per heavy atom. The second-order valence-electron chi connectivity index (χ2n) is 7.02. The summed E-state index contributed by atoms with van der Waals surface area (Å²) in [6.45, 7) is 0.381. The summed E-state index contributed by atoms with van der Waals surface area (Å²) in [4.78, 5) is 17.1. The van der Waals surface area contributed by atoms with Crippen LogP contribution in [0, 0.1) is 11.3 Å². The quantitative estimate of drug-likeness (QED) is 0.590. The van der Waals surface area contributed by atoms with Gasteiger partial charge in [-0.25, -0.2) is 8.42 Å². The molecule has 0 fully saturated rings. The van der Waals surface area contributed by atoms with E-state index in [2.05, 4.69) is 4.98 Å². The van der Waals surface area contributed by atoms with Gasteiger partial charge in [-0.3, -0.25) is 14.1 Å². The fourth-order valence-corrected chi connectivity index (χ4v) is 5.25. The number of carbonyl (C=O) groups excluding carboxylic acids is 1. The molecule has 0 N–H and O–H groups in total. The van der Waals surface area contributed by atoms with Crippen molar-refractivity contribution in [2.45, 2.75) is 23.7 Å². The Balaban J connectivity index is 1.70. The molecule has 1 aliphatic rings. The summed E-state index contributed by atoms with van der Waals surface area (Å²) in [7, 11) is -3.85. The molecule has 2 aromatic carbocycles. The minimum atomic E-state index is -3.85. The Hall–Kier alpha value is -3.50. The Bertz CT molecular complexity index is 1230. The monoisotopic (exact) mass is 417 g/mol. The molecular weight excluding hydrogens is 398 g/mol. The third-order valence-corrected chi connectivity index (χ3v) is 6.96. The average Bonchev–Trinajstić information content (AvgIpc) is 2.80. The van der Waals surface area contributed by atoms with Gasteiger partial charge < -0.3 is 0 Å². The van der Waals surface area contributed by atoms with Gasteiger partial charge in [-0.05, 0) is 48.7 Å². The molecule has 7 heteroatoms. The van der Waals surface area contributed by atoms with E-state index in [-0.39, 0.29) is 10.5 Å². The van der Waals surface area contributed by atoms with Crippen LogP contribution < -0.4 is 4.31 Å². The van der Waals surface area contributed by atoms with E-state index in [9.17, 15) is 18.5 Å². The zero-order valence-corrected chi connectivity index (χ0v) is 16.9. The predicted octanol–water partition coefficient (Wildman–Crippen LogP) is 3.71. The molecule has 30 heavy (non-hydrogen) atoms. The first-order valence-corrected chi connectivity index (χ1v) is 11.0. The number of hydrogen-bond donors (Lipinski definition) is 0. The van der Waals surface area contributed by atoms with Crippen LogP contribution >= 0.6 is 0 Å². The number of ketones is 1. The van der Waals surface area contributed by atoms with Gasteiger partial charge >= 0.3 is 0 Å². The maximum atomic E-state index is 13.4. The molecule has 2 heterocycles. The van der Waals surface area contributed by atoms with E-state index in [4.69, 9.17) is 0 Å². The minimum absolute atomic E-state index is 0.0303. The van der Waals surface area contributed by atoms with E-state index in [1.54, 1.807) is 24.3 Å². The van der Waals surface area contributed by atoms with Crippen LogP contribution in [0.5, 0.6) is 0 Å². The molecule has 3 aromatic rings. The second kappa shape index (κ2) is 8.09. The lowest BCUT2D eigenvalue weighted by atomic mass is 9.95. The van der Waals surface area contributed by atoms with E-state index in [0.29, 0.717) is 17.9 Å². The van der Waals surface area contributed by atoms with Crippen LogP contribution in [-0.2, 0) is 16.4 Å². The molecular formula is C23H19N3O3S. The standard InChI is InChI=1S/C23H19N3O3S/c24-16-20(21-11-3-4-13-25-21)23(27)18-8-5-10-19(15-18)30(28,29)26-14-6-9-17-7-1-2-12-22(17)26/h1-5,7-8,10-13,15,20H,6,9,14H2. The van der Waals surface area contributed by atoms with E-state index >= 15 is 0 Å². The highest BCUT2D eigenvalue weighted by atomic mass is 32.2. The molecule has 0 radical (unpaired) electrons. The van der Waals surface area contributed by atoms with Gasteiger partial charge in [0.25, 0.3) is 10.0 Å². The molecule has 4 rings (SSSR count). The first-order valence-electron chi connectivity index (χ1n) is 9.58. The van der Waals surface area contributed by atoms with Crippen molar-refractivity contribution in [1.82, 2.24) is 4.98 Å². The van der Waals surface area contributed by atoms with Gasteiger partial charge in [-0.15, -0.1) is 0 Å². The molecule has 0 aliphatic carbocycles. The smallest absolute Gasteiger partial charge is 0.264 e.